The molecule has 0 bridgehead atoms. The number of H-pyrrole nitrogens is 1. The molecular formula is C15H13F6N5OS. The zero-order valence-corrected chi connectivity index (χ0v) is 14.9. The lowest BCUT2D eigenvalue weighted by Crippen LogP contribution is -2.11. The van der Waals surface area contributed by atoms with Gasteiger partial charge in [0.2, 0.25) is 5.16 Å². The summed E-state index contributed by atoms with van der Waals surface area (Å²) in [5.41, 5.74) is 2.09. The summed E-state index contributed by atoms with van der Waals surface area (Å²) < 4.78 is 82.6. The molecule has 2 rings (SSSR count). The van der Waals surface area contributed by atoms with Gasteiger partial charge in [0.15, 0.2) is 11.7 Å². The highest BCUT2D eigenvalue weighted by atomic mass is 32.2. The topological polar surface area (TPSA) is 101 Å². The van der Waals surface area contributed by atoms with Gasteiger partial charge in [-0.1, -0.05) is 0 Å². The zero-order chi connectivity index (χ0) is 21.1. The van der Waals surface area contributed by atoms with Crippen LogP contribution in [0.15, 0.2) is 35.3 Å². The summed E-state index contributed by atoms with van der Waals surface area (Å²) in [5, 5.41) is 13.4. The minimum absolute atomic E-state index is 0.0204. The minimum atomic E-state index is -4.97. The molecule has 0 radical (unpaired) electrons. The van der Waals surface area contributed by atoms with Gasteiger partial charge >= 0.3 is 12.4 Å². The molecule has 28 heavy (non-hydrogen) atoms. The van der Waals surface area contributed by atoms with E-state index in [2.05, 4.69) is 15.2 Å². The van der Waals surface area contributed by atoms with Gasteiger partial charge in [0.1, 0.15) is 5.04 Å². The summed E-state index contributed by atoms with van der Waals surface area (Å²) in [6.45, 7) is 1.96. The van der Waals surface area contributed by atoms with E-state index in [1.54, 1.807) is 6.92 Å². The third kappa shape index (κ3) is 5.65. The number of rotatable bonds is 5. The molecule has 0 saturated carbocycles. The number of hydrogen-bond acceptors (Lipinski definition) is 6. The van der Waals surface area contributed by atoms with Crippen LogP contribution in [0.5, 0.6) is 0 Å². The SMILES string of the molecule is CCOC(N)=CC(=N)Sc1n[nH]c(-c2cc(C(F)(F)F)cc(C(F)(F)F)c2)n1. The number of ether oxygens (including phenoxy) is 1. The molecule has 2 aromatic rings. The number of aromatic nitrogens is 3. The lowest BCUT2D eigenvalue weighted by atomic mass is 10.0. The van der Waals surface area contributed by atoms with E-state index in [-0.39, 0.29) is 34.6 Å². The molecule has 0 spiro atoms. The van der Waals surface area contributed by atoms with Gasteiger partial charge in [0.25, 0.3) is 0 Å². The molecule has 4 N–H and O–H groups in total. The van der Waals surface area contributed by atoms with Gasteiger partial charge in [0.05, 0.1) is 17.7 Å². The number of benzene rings is 1. The van der Waals surface area contributed by atoms with E-state index in [9.17, 15) is 26.3 Å². The standard InChI is InChI=1S/C15H13F6N5OS/c1-2-27-10(22)6-11(23)28-13-24-12(25-26-13)7-3-8(14(16,17)18)5-9(4-7)15(19,20)21/h3-6,23H,2,22H2,1H3,(H,24,25,26). The van der Waals surface area contributed by atoms with Crippen molar-refractivity contribution < 1.29 is 31.1 Å². The Kier molecular flexibility index (Phi) is 6.27. The van der Waals surface area contributed by atoms with E-state index < -0.39 is 29.0 Å². The molecule has 1 aromatic carbocycles. The van der Waals surface area contributed by atoms with Gasteiger partial charge in [-0.3, -0.25) is 10.5 Å². The molecule has 1 heterocycles. The first-order valence-corrected chi connectivity index (χ1v) is 8.30. The second-order valence-electron chi connectivity index (χ2n) is 5.21. The number of hydrogen-bond donors (Lipinski definition) is 3. The van der Waals surface area contributed by atoms with Crippen molar-refractivity contribution in [3.8, 4) is 11.4 Å². The predicted molar refractivity (Wildman–Crippen MR) is 89.3 cm³/mol. The van der Waals surface area contributed by atoms with Crippen molar-refractivity contribution in [2.45, 2.75) is 24.4 Å². The molecule has 0 aliphatic carbocycles. The second kappa shape index (κ2) is 8.12. The van der Waals surface area contributed by atoms with Crippen LogP contribution in [0.1, 0.15) is 18.1 Å². The fraction of sp³-hybridized carbons (Fsp3) is 0.267. The number of nitrogens with one attached hydrogen (secondary N) is 2. The molecule has 152 valence electrons. The summed E-state index contributed by atoms with van der Waals surface area (Å²) in [6.07, 6.45) is -8.79. The summed E-state index contributed by atoms with van der Waals surface area (Å²) in [6, 6.07) is 1.08. The van der Waals surface area contributed by atoms with Crippen LogP contribution in [0, 0.1) is 5.41 Å². The van der Waals surface area contributed by atoms with Crippen molar-refractivity contribution in [3.63, 3.8) is 0 Å². The van der Waals surface area contributed by atoms with Gasteiger partial charge in [-0.2, -0.15) is 26.3 Å². The molecule has 13 heteroatoms. The molecule has 1 aromatic heterocycles. The molecule has 0 atom stereocenters. The highest BCUT2D eigenvalue weighted by molar-refractivity contribution is 8.14. The normalized spacial score (nSPS) is 12.9. The van der Waals surface area contributed by atoms with Crippen LogP contribution >= 0.6 is 11.8 Å². The van der Waals surface area contributed by atoms with Crippen LogP contribution in [-0.4, -0.2) is 26.8 Å². The Balaban J connectivity index is 2.34. The molecule has 0 amide bonds. The molecule has 0 saturated heterocycles. The monoisotopic (exact) mass is 425 g/mol. The summed E-state index contributed by atoms with van der Waals surface area (Å²) in [7, 11) is 0. The lowest BCUT2D eigenvalue weighted by Gasteiger charge is -2.13. The van der Waals surface area contributed by atoms with E-state index in [1.165, 1.54) is 0 Å². The maximum atomic E-state index is 12.9. The van der Waals surface area contributed by atoms with Crippen LogP contribution in [0.25, 0.3) is 11.4 Å². The Morgan fingerprint density at radius 3 is 2.25 bits per heavy atom. The lowest BCUT2D eigenvalue weighted by molar-refractivity contribution is -0.143. The number of alkyl halides is 6. The Bertz CT molecular complexity index is 858. The number of aromatic amines is 1. The minimum Gasteiger partial charge on any atom is -0.480 e. The van der Waals surface area contributed by atoms with Crippen LogP contribution in [0.3, 0.4) is 0 Å². The second-order valence-corrected chi connectivity index (χ2v) is 6.22. The van der Waals surface area contributed by atoms with E-state index in [4.69, 9.17) is 15.9 Å². The number of halogens is 6. The number of nitrogens with zero attached hydrogens (tertiary/aromatic N) is 2. The smallest absolute Gasteiger partial charge is 0.416 e. The zero-order valence-electron chi connectivity index (χ0n) is 14.1. The Labute approximate surface area is 158 Å². The van der Waals surface area contributed by atoms with Gasteiger partial charge in [-0.25, -0.2) is 4.98 Å². The van der Waals surface area contributed by atoms with Crippen molar-refractivity contribution in [1.29, 1.82) is 5.41 Å². The first-order valence-electron chi connectivity index (χ1n) is 7.48. The van der Waals surface area contributed by atoms with Crippen molar-refractivity contribution >= 4 is 16.8 Å². The molecule has 0 fully saturated rings. The number of thioether (sulfide) groups is 1. The fourth-order valence-corrected chi connectivity index (χ4v) is 2.58. The van der Waals surface area contributed by atoms with Gasteiger partial charge in [-0.15, -0.1) is 5.10 Å². The quantitative estimate of drug-likeness (QED) is 0.217. The summed E-state index contributed by atoms with van der Waals surface area (Å²) >= 11 is 0.682. The molecule has 0 aliphatic rings. The fourth-order valence-electron chi connectivity index (χ4n) is 1.98. The Morgan fingerprint density at radius 1 is 1.18 bits per heavy atom. The third-order valence-electron chi connectivity index (χ3n) is 3.11. The Hall–Kier alpha value is -2.70. The Morgan fingerprint density at radius 2 is 1.75 bits per heavy atom. The predicted octanol–water partition coefficient (Wildman–Crippen LogP) is 4.42. The molecule has 6 nitrogen and oxygen atoms in total. The van der Waals surface area contributed by atoms with Crippen molar-refractivity contribution in [2.24, 2.45) is 5.73 Å². The molecule has 0 aliphatic heterocycles. The van der Waals surface area contributed by atoms with E-state index in [1.807, 2.05) is 0 Å². The van der Waals surface area contributed by atoms with E-state index >= 15 is 0 Å². The van der Waals surface area contributed by atoms with Gasteiger partial charge in [0, 0.05) is 11.6 Å². The first-order chi connectivity index (χ1) is 12.9. The van der Waals surface area contributed by atoms with Gasteiger partial charge < -0.3 is 10.5 Å². The van der Waals surface area contributed by atoms with Crippen molar-refractivity contribution in [1.82, 2.24) is 15.2 Å². The maximum Gasteiger partial charge on any atom is 0.416 e. The molecule has 0 unspecified atom stereocenters. The maximum absolute atomic E-state index is 12.9. The highest BCUT2D eigenvalue weighted by Gasteiger charge is 2.37. The first kappa shape index (κ1) is 21.6. The largest absolute Gasteiger partial charge is 0.480 e. The van der Waals surface area contributed by atoms with Crippen molar-refractivity contribution in [3.05, 3.63) is 41.3 Å². The van der Waals surface area contributed by atoms with Gasteiger partial charge in [-0.05, 0) is 36.9 Å². The summed E-state index contributed by atoms with van der Waals surface area (Å²) in [5.74, 6) is -0.350. The van der Waals surface area contributed by atoms with E-state index in [0.717, 1.165) is 6.08 Å². The van der Waals surface area contributed by atoms with Crippen molar-refractivity contribution in [2.75, 3.05) is 6.61 Å². The average Bonchev–Trinajstić information content (AvgIpc) is 3.01. The van der Waals surface area contributed by atoms with Crippen LogP contribution in [-0.2, 0) is 17.1 Å². The van der Waals surface area contributed by atoms with Crippen LogP contribution in [0.2, 0.25) is 0 Å². The van der Waals surface area contributed by atoms with Crippen LogP contribution in [0.4, 0.5) is 26.3 Å². The number of nitrogens with two attached hydrogens (primary N) is 1. The van der Waals surface area contributed by atoms with Crippen LogP contribution < -0.4 is 5.73 Å². The average molecular weight is 425 g/mol. The third-order valence-corrected chi connectivity index (χ3v) is 3.81. The highest BCUT2D eigenvalue weighted by Crippen LogP contribution is 2.38. The molecular weight excluding hydrogens is 412 g/mol. The van der Waals surface area contributed by atoms with E-state index in [0.29, 0.717) is 23.9 Å². The summed E-state index contributed by atoms with van der Waals surface area (Å²) in [4.78, 5) is 3.83.